The van der Waals surface area contributed by atoms with Crippen LogP contribution in [0.4, 0.5) is 5.95 Å². The first-order chi connectivity index (χ1) is 16.9. The number of rotatable bonds is 7. The Labute approximate surface area is 216 Å². The number of carbonyl (C=O) groups is 2. The number of guanidine groups is 1. The van der Waals surface area contributed by atoms with E-state index < -0.39 is 5.91 Å². The standard InChI is InChI=1S/C25H29N7O3.ClH/c1-17(19-9-6-10-20(15-19)22(34)18-7-4-3-5-8-18)23-28-25(31(2)30-23)29-24(27-16-21(26)33)32-11-13-35-14-12-32;/h3-10,15,17H,11-14,16H2,1-2H3,(H2,26,33)(H,27,28,29,30);1H. The van der Waals surface area contributed by atoms with Gasteiger partial charge < -0.3 is 20.7 Å². The first-order valence-electron chi connectivity index (χ1n) is 11.5. The molecule has 190 valence electrons. The van der Waals surface area contributed by atoms with Crippen molar-refractivity contribution in [1.29, 1.82) is 0 Å². The van der Waals surface area contributed by atoms with Crippen LogP contribution in [0.3, 0.4) is 0 Å². The lowest BCUT2D eigenvalue weighted by atomic mass is 9.95. The van der Waals surface area contributed by atoms with Gasteiger partial charge in [-0.25, -0.2) is 4.68 Å². The molecule has 1 aliphatic rings. The predicted octanol–water partition coefficient (Wildman–Crippen LogP) is 2.01. The van der Waals surface area contributed by atoms with Crippen LogP contribution in [0.5, 0.6) is 0 Å². The molecule has 1 amide bonds. The van der Waals surface area contributed by atoms with Gasteiger partial charge in [0.1, 0.15) is 0 Å². The molecule has 10 nitrogen and oxygen atoms in total. The molecule has 1 fully saturated rings. The highest BCUT2D eigenvalue weighted by atomic mass is 35.5. The molecule has 36 heavy (non-hydrogen) atoms. The Morgan fingerprint density at radius 2 is 1.81 bits per heavy atom. The summed E-state index contributed by atoms with van der Waals surface area (Å²) in [5, 5.41) is 7.56. The van der Waals surface area contributed by atoms with Gasteiger partial charge in [-0.05, 0) is 11.6 Å². The Morgan fingerprint density at radius 3 is 2.50 bits per heavy atom. The highest BCUT2D eigenvalue weighted by Gasteiger charge is 2.20. The summed E-state index contributed by atoms with van der Waals surface area (Å²) in [6.07, 6.45) is 0. The van der Waals surface area contributed by atoms with E-state index in [9.17, 15) is 9.59 Å². The van der Waals surface area contributed by atoms with Crippen molar-refractivity contribution in [3.8, 4) is 0 Å². The number of ketones is 1. The number of hydrogen-bond donors (Lipinski definition) is 2. The van der Waals surface area contributed by atoms with E-state index in [1.165, 1.54) is 0 Å². The summed E-state index contributed by atoms with van der Waals surface area (Å²) >= 11 is 0. The Morgan fingerprint density at radius 1 is 1.11 bits per heavy atom. The average molecular weight is 512 g/mol. The van der Waals surface area contributed by atoms with Gasteiger partial charge in [-0.2, -0.15) is 15.1 Å². The van der Waals surface area contributed by atoms with Crippen molar-refractivity contribution in [3.05, 3.63) is 77.1 Å². The van der Waals surface area contributed by atoms with Crippen LogP contribution in [0.2, 0.25) is 0 Å². The molecular formula is C25H30ClN7O3. The van der Waals surface area contributed by atoms with E-state index in [4.69, 9.17) is 10.5 Å². The van der Waals surface area contributed by atoms with Gasteiger partial charge in [0.25, 0.3) is 5.95 Å². The van der Waals surface area contributed by atoms with Crippen LogP contribution in [0, 0.1) is 0 Å². The number of primary amides is 1. The molecule has 1 unspecified atom stereocenters. The molecule has 0 aliphatic carbocycles. The van der Waals surface area contributed by atoms with Crippen molar-refractivity contribution in [2.75, 3.05) is 32.8 Å². The molecule has 4 rings (SSSR count). The van der Waals surface area contributed by atoms with Crippen LogP contribution in [0.15, 0.2) is 59.6 Å². The fraction of sp³-hybridized carbons (Fsp3) is 0.320. The first-order valence-corrected chi connectivity index (χ1v) is 11.5. The summed E-state index contributed by atoms with van der Waals surface area (Å²) in [6, 6.07) is 16.7. The lowest BCUT2D eigenvalue weighted by Crippen LogP contribution is -2.49. The lowest BCUT2D eigenvalue weighted by Gasteiger charge is -2.29. The van der Waals surface area contributed by atoms with Gasteiger partial charge in [0.05, 0.1) is 19.8 Å². The van der Waals surface area contributed by atoms with Crippen LogP contribution >= 0.6 is 12.4 Å². The maximum Gasteiger partial charge on any atom is 0.251 e. The fourth-order valence-electron chi connectivity index (χ4n) is 3.79. The Bertz CT molecular complexity index is 1220. The predicted molar refractivity (Wildman–Crippen MR) is 139 cm³/mol. The molecule has 2 heterocycles. The number of nitrogens with one attached hydrogen (secondary N) is 1. The lowest BCUT2D eigenvalue weighted by molar-refractivity contribution is -0.117. The van der Waals surface area contributed by atoms with Crippen LogP contribution in [0.1, 0.15) is 40.2 Å². The number of benzene rings is 2. The van der Waals surface area contributed by atoms with Gasteiger partial charge in [0.15, 0.2) is 11.6 Å². The minimum Gasteiger partial charge on any atom is -0.378 e. The van der Waals surface area contributed by atoms with Crippen LogP contribution < -0.4 is 11.1 Å². The van der Waals surface area contributed by atoms with Crippen LogP contribution in [-0.2, 0) is 16.6 Å². The first kappa shape index (κ1) is 26.8. The van der Waals surface area contributed by atoms with Gasteiger partial charge >= 0.3 is 0 Å². The largest absolute Gasteiger partial charge is 0.378 e. The summed E-state index contributed by atoms with van der Waals surface area (Å²) in [6.45, 7) is 4.34. The van der Waals surface area contributed by atoms with E-state index >= 15 is 0 Å². The second kappa shape index (κ2) is 12.3. The van der Waals surface area contributed by atoms with Gasteiger partial charge in [0.2, 0.25) is 11.9 Å². The molecule has 0 saturated carbocycles. The molecule has 0 radical (unpaired) electrons. The zero-order chi connectivity index (χ0) is 24.8. The number of aliphatic imine (C=N–C) groups is 1. The molecular weight excluding hydrogens is 482 g/mol. The number of ether oxygens (including phenoxy) is 1. The Kier molecular flexibility index (Phi) is 9.15. The second-order valence-corrected chi connectivity index (χ2v) is 8.29. The van der Waals surface area contributed by atoms with Gasteiger partial charge in [0, 0.05) is 37.2 Å². The molecule has 1 saturated heterocycles. The average Bonchev–Trinajstić information content (AvgIpc) is 3.26. The zero-order valence-electron chi connectivity index (χ0n) is 20.3. The van der Waals surface area contributed by atoms with Gasteiger partial charge in [-0.15, -0.1) is 12.4 Å². The quantitative estimate of drug-likeness (QED) is 0.282. The molecule has 1 atom stereocenters. The van der Waals surface area contributed by atoms with Crippen molar-refractivity contribution < 1.29 is 14.3 Å². The minimum atomic E-state index is -0.483. The molecule has 0 spiro atoms. The molecule has 11 heteroatoms. The minimum absolute atomic E-state index is 0. The van der Waals surface area contributed by atoms with Crippen LogP contribution in [-0.4, -0.2) is 70.2 Å². The van der Waals surface area contributed by atoms with E-state index in [1.54, 1.807) is 23.9 Å². The van der Waals surface area contributed by atoms with Crippen molar-refractivity contribution in [1.82, 2.24) is 25.0 Å². The smallest absolute Gasteiger partial charge is 0.251 e. The molecule has 1 aromatic heterocycles. The SMILES string of the molecule is CC(c1cccc(C(=O)c2ccccc2)c1)c1nc(/N=C(\NCC(N)=O)N2CCOCC2)n(C)n1.Cl. The topological polar surface area (TPSA) is 128 Å². The number of nitrogens with two attached hydrogens (primary N) is 1. The van der Waals surface area contributed by atoms with E-state index in [-0.39, 0.29) is 30.7 Å². The number of aromatic nitrogens is 3. The molecule has 2 aromatic carbocycles. The van der Waals surface area contributed by atoms with Crippen molar-refractivity contribution in [2.45, 2.75) is 12.8 Å². The van der Waals surface area contributed by atoms with E-state index in [0.29, 0.717) is 55.2 Å². The number of nitrogens with zero attached hydrogens (tertiary/aromatic N) is 5. The number of aryl methyl sites for hydroxylation is 1. The number of amides is 1. The number of hydrogen-bond acceptors (Lipinski definition) is 6. The third-order valence-electron chi connectivity index (χ3n) is 5.77. The highest BCUT2D eigenvalue weighted by Crippen LogP contribution is 2.25. The van der Waals surface area contributed by atoms with E-state index in [0.717, 1.165) is 5.56 Å². The third kappa shape index (κ3) is 6.46. The summed E-state index contributed by atoms with van der Waals surface area (Å²) in [4.78, 5) is 35.5. The molecule has 1 aliphatic heterocycles. The fourth-order valence-corrected chi connectivity index (χ4v) is 3.79. The number of morpholine rings is 1. The van der Waals surface area contributed by atoms with Crippen molar-refractivity contribution in [3.63, 3.8) is 0 Å². The second-order valence-electron chi connectivity index (χ2n) is 8.29. The number of carbonyl (C=O) groups excluding carboxylic acids is 2. The van der Waals surface area contributed by atoms with Crippen molar-refractivity contribution in [2.24, 2.45) is 17.8 Å². The normalized spacial score (nSPS) is 14.6. The third-order valence-corrected chi connectivity index (χ3v) is 5.77. The summed E-state index contributed by atoms with van der Waals surface area (Å²) in [5.41, 5.74) is 7.49. The monoisotopic (exact) mass is 511 g/mol. The molecule has 3 N–H and O–H groups in total. The summed E-state index contributed by atoms with van der Waals surface area (Å²) in [5.74, 6) is 0.780. The maximum atomic E-state index is 12.9. The number of halogens is 1. The highest BCUT2D eigenvalue weighted by molar-refractivity contribution is 6.09. The van der Waals surface area contributed by atoms with Gasteiger partial charge in [-0.1, -0.05) is 55.5 Å². The van der Waals surface area contributed by atoms with E-state index in [1.807, 2.05) is 54.3 Å². The summed E-state index contributed by atoms with van der Waals surface area (Å²) < 4.78 is 7.01. The zero-order valence-corrected chi connectivity index (χ0v) is 21.1. The van der Waals surface area contributed by atoms with Crippen LogP contribution in [0.25, 0.3) is 0 Å². The molecule has 3 aromatic rings. The maximum absolute atomic E-state index is 12.9. The van der Waals surface area contributed by atoms with E-state index in [2.05, 4.69) is 20.4 Å². The Balaban J connectivity index is 0.00000361. The summed E-state index contributed by atoms with van der Waals surface area (Å²) in [7, 11) is 1.77. The molecule has 0 bridgehead atoms. The van der Waals surface area contributed by atoms with Crippen molar-refractivity contribution >= 4 is 36.0 Å². The van der Waals surface area contributed by atoms with Gasteiger partial charge in [-0.3, -0.25) is 9.59 Å². The Hall–Kier alpha value is -3.76.